The van der Waals surface area contributed by atoms with Gasteiger partial charge in [-0.3, -0.25) is 0 Å². The molecule has 0 saturated carbocycles. The van der Waals surface area contributed by atoms with Crippen molar-refractivity contribution in [3.05, 3.63) is 40.3 Å². The van der Waals surface area contributed by atoms with Crippen LogP contribution in [-0.2, 0) is 4.74 Å². The number of carboxylic acid groups (broad SMARTS) is 1. The first-order valence-electron chi connectivity index (χ1n) is 5.29. The Balaban J connectivity index is 2.24. The van der Waals surface area contributed by atoms with Gasteiger partial charge in [-0.15, -0.1) is 0 Å². The minimum atomic E-state index is -0.994. The number of hydrogen-bond acceptors (Lipinski definition) is 4. The van der Waals surface area contributed by atoms with Crippen LogP contribution in [0.3, 0.4) is 0 Å². The Kier molecular flexibility index (Phi) is 6.10. The van der Waals surface area contributed by atoms with Gasteiger partial charge in [0.2, 0.25) is 0 Å². The molecule has 1 aromatic carbocycles. The van der Waals surface area contributed by atoms with Crippen molar-refractivity contribution in [3.63, 3.8) is 0 Å². The van der Waals surface area contributed by atoms with Crippen molar-refractivity contribution in [2.75, 3.05) is 26.4 Å². The molecule has 0 radical (unpaired) electrons. The maximum absolute atomic E-state index is 10.7. The SMILES string of the molecule is [N-]=[N+]=NCCOCCOc1cccc(C(=O)O)c1. The van der Waals surface area contributed by atoms with E-state index in [0.29, 0.717) is 25.6 Å². The second-order valence-electron chi connectivity index (χ2n) is 3.25. The fourth-order valence-corrected chi connectivity index (χ4v) is 1.19. The van der Waals surface area contributed by atoms with E-state index < -0.39 is 5.97 Å². The number of azide groups is 1. The normalized spacial score (nSPS) is 9.56. The van der Waals surface area contributed by atoms with Gasteiger partial charge in [-0.2, -0.15) is 0 Å². The molecule has 1 aromatic rings. The average Bonchev–Trinajstić information content (AvgIpc) is 2.38. The zero-order chi connectivity index (χ0) is 13.2. The number of carboxylic acids is 1. The average molecular weight is 251 g/mol. The third kappa shape index (κ3) is 5.20. The van der Waals surface area contributed by atoms with Gasteiger partial charge in [-0.25, -0.2) is 4.79 Å². The van der Waals surface area contributed by atoms with Crippen LogP contribution in [0.15, 0.2) is 29.4 Å². The highest BCUT2D eigenvalue weighted by atomic mass is 16.5. The minimum Gasteiger partial charge on any atom is -0.491 e. The van der Waals surface area contributed by atoms with Gasteiger partial charge >= 0.3 is 5.97 Å². The molecule has 0 spiro atoms. The largest absolute Gasteiger partial charge is 0.491 e. The molecule has 18 heavy (non-hydrogen) atoms. The Morgan fingerprint density at radius 2 is 2.22 bits per heavy atom. The number of aromatic carboxylic acids is 1. The lowest BCUT2D eigenvalue weighted by atomic mass is 10.2. The number of rotatable bonds is 8. The van der Waals surface area contributed by atoms with Crippen LogP contribution in [0.25, 0.3) is 10.4 Å². The molecule has 7 heteroatoms. The summed E-state index contributed by atoms with van der Waals surface area (Å²) in [5.74, 6) is -0.514. The van der Waals surface area contributed by atoms with Crippen LogP contribution >= 0.6 is 0 Å². The van der Waals surface area contributed by atoms with Gasteiger partial charge in [0.15, 0.2) is 0 Å². The highest BCUT2D eigenvalue weighted by Crippen LogP contribution is 2.12. The summed E-state index contributed by atoms with van der Waals surface area (Å²) in [4.78, 5) is 13.3. The zero-order valence-electron chi connectivity index (χ0n) is 9.65. The van der Waals surface area contributed by atoms with Crippen molar-refractivity contribution in [2.45, 2.75) is 0 Å². The van der Waals surface area contributed by atoms with Crippen LogP contribution in [0.1, 0.15) is 10.4 Å². The van der Waals surface area contributed by atoms with Gasteiger partial charge in [0, 0.05) is 11.5 Å². The maximum atomic E-state index is 10.7. The van der Waals surface area contributed by atoms with Gasteiger partial charge in [0.25, 0.3) is 0 Å². The second kappa shape index (κ2) is 7.94. The van der Waals surface area contributed by atoms with Crippen molar-refractivity contribution in [2.24, 2.45) is 5.11 Å². The monoisotopic (exact) mass is 251 g/mol. The zero-order valence-corrected chi connectivity index (χ0v) is 9.65. The minimum absolute atomic E-state index is 0.178. The van der Waals surface area contributed by atoms with Gasteiger partial charge in [-0.05, 0) is 23.7 Å². The Hall–Kier alpha value is -2.24. The number of hydrogen-bond donors (Lipinski definition) is 1. The molecule has 0 heterocycles. The lowest BCUT2D eigenvalue weighted by Gasteiger charge is -2.06. The molecule has 0 aliphatic heterocycles. The first-order chi connectivity index (χ1) is 8.74. The molecule has 1 rings (SSSR count). The third-order valence-electron chi connectivity index (χ3n) is 1.98. The molecular formula is C11H13N3O4. The number of ether oxygens (including phenoxy) is 2. The van der Waals surface area contributed by atoms with E-state index in [-0.39, 0.29) is 12.1 Å². The van der Waals surface area contributed by atoms with Crippen LogP contribution in [0.2, 0.25) is 0 Å². The van der Waals surface area contributed by atoms with Crippen LogP contribution in [0.4, 0.5) is 0 Å². The predicted molar refractivity (Wildman–Crippen MR) is 63.7 cm³/mol. The van der Waals surface area contributed by atoms with E-state index in [2.05, 4.69) is 10.0 Å². The molecule has 1 N–H and O–H groups in total. The van der Waals surface area contributed by atoms with Crippen molar-refractivity contribution in [1.29, 1.82) is 0 Å². The molecule has 0 aliphatic rings. The first kappa shape index (κ1) is 13.8. The van der Waals surface area contributed by atoms with Crippen molar-refractivity contribution in [1.82, 2.24) is 0 Å². The number of benzene rings is 1. The quantitative estimate of drug-likeness (QED) is 0.330. The summed E-state index contributed by atoms with van der Waals surface area (Å²) < 4.78 is 10.4. The Labute approximate surface area is 104 Å². The Bertz CT molecular complexity index is 444. The summed E-state index contributed by atoms with van der Waals surface area (Å²) in [6, 6.07) is 6.22. The van der Waals surface area contributed by atoms with Gasteiger partial charge < -0.3 is 14.6 Å². The van der Waals surface area contributed by atoms with Crippen LogP contribution in [-0.4, -0.2) is 37.4 Å². The molecule has 0 aromatic heterocycles. The molecule has 0 aliphatic carbocycles. The van der Waals surface area contributed by atoms with E-state index >= 15 is 0 Å². The van der Waals surface area contributed by atoms with Crippen molar-refractivity contribution in [3.8, 4) is 5.75 Å². The smallest absolute Gasteiger partial charge is 0.335 e. The third-order valence-corrected chi connectivity index (χ3v) is 1.98. The fourth-order valence-electron chi connectivity index (χ4n) is 1.19. The van der Waals surface area contributed by atoms with Crippen LogP contribution < -0.4 is 4.74 Å². The summed E-state index contributed by atoms with van der Waals surface area (Å²) in [6.07, 6.45) is 0. The lowest BCUT2D eigenvalue weighted by molar-refractivity contribution is 0.0696. The standard InChI is InChI=1S/C11H13N3O4/c12-14-13-4-5-17-6-7-18-10-3-1-2-9(8-10)11(15)16/h1-3,8H,4-7H2,(H,15,16). The molecular weight excluding hydrogens is 238 g/mol. The summed E-state index contributed by atoms with van der Waals surface area (Å²) in [6.45, 7) is 1.27. The van der Waals surface area contributed by atoms with Crippen LogP contribution in [0, 0.1) is 0 Å². The summed E-state index contributed by atoms with van der Waals surface area (Å²) >= 11 is 0. The molecule has 0 bridgehead atoms. The second-order valence-corrected chi connectivity index (χ2v) is 3.25. The fraction of sp³-hybridized carbons (Fsp3) is 0.364. The predicted octanol–water partition coefficient (Wildman–Crippen LogP) is 2.09. The lowest BCUT2D eigenvalue weighted by Crippen LogP contribution is -2.09. The highest BCUT2D eigenvalue weighted by Gasteiger charge is 2.03. The molecule has 7 nitrogen and oxygen atoms in total. The van der Waals surface area contributed by atoms with E-state index in [1.54, 1.807) is 12.1 Å². The molecule has 0 atom stereocenters. The molecule has 96 valence electrons. The van der Waals surface area contributed by atoms with Gasteiger partial charge in [0.05, 0.1) is 18.8 Å². The Morgan fingerprint density at radius 1 is 1.39 bits per heavy atom. The van der Waals surface area contributed by atoms with E-state index in [0.717, 1.165) is 0 Å². The number of carbonyl (C=O) groups is 1. The van der Waals surface area contributed by atoms with E-state index in [4.69, 9.17) is 20.1 Å². The van der Waals surface area contributed by atoms with E-state index in [9.17, 15) is 4.79 Å². The van der Waals surface area contributed by atoms with Crippen molar-refractivity contribution >= 4 is 5.97 Å². The maximum Gasteiger partial charge on any atom is 0.335 e. The van der Waals surface area contributed by atoms with E-state index in [1.165, 1.54) is 12.1 Å². The highest BCUT2D eigenvalue weighted by molar-refractivity contribution is 5.87. The molecule has 0 amide bonds. The summed E-state index contributed by atoms with van der Waals surface area (Å²) in [5, 5.41) is 12.1. The van der Waals surface area contributed by atoms with Crippen LogP contribution in [0.5, 0.6) is 5.75 Å². The first-order valence-corrected chi connectivity index (χ1v) is 5.29. The number of nitrogens with zero attached hydrogens (tertiary/aromatic N) is 3. The molecule has 0 fully saturated rings. The van der Waals surface area contributed by atoms with E-state index in [1.807, 2.05) is 0 Å². The summed E-state index contributed by atoms with van der Waals surface area (Å²) in [5.41, 5.74) is 8.20. The topological polar surface area (TPSA) is 105 Å². The molecule has 0 saturated heterocycles. The summed E-state index contributed by atoms with van der Waals surface area (Å²) in [7, 11) is 0. The molecule has 0 unspecified atom stereocenters. The Morgan fingerprint density at radius 3 is 2.94 bits per heavy atom. The van der Waals surface area contributed by atoms with Gasteiger partial charge in [-0.1, -0.05) is 11.2 Å². The van der Waals surface area contributed by atoms with Gasteiger partial charge in [0.1, 0.15) is 12.4 Å². The van der Waals surface area contributed by atoms with Crippen molar-refractivity contribution < 1.29 is 19.4 Å².